The molecule has 3 heterocycles. The zero-order chi connectivity index (χ0) is 17.4. The van der Waals surface area contributed by atoms with E-state index in [4.69, 9.17) is 0 Å². The summed E-state index contributed by atoms with van der Waals surface area (Å²) in [6.07, 6.45) is 7.41. The zero-order valence-corrected chi connectivity index (χ0v) is 15.6. The van der Waals surface area contributed by atoms with Crippen molar-refractivity contribution in [1.82, 2.24) is 19.9 Å². The van der Waals surface area contributed by atoms with E-state index in [-0.39, 0.29) is 5.82 Å². The predicted molar refractivity (Wildman–Crippen MR) is 97.2 cm³/mol. The van der Waals surface area contributed by atoms with Gasteiger partial charge in [-0.05, 0) is 38.1 Å². The van der Waals surface area contributed by atoms with Crippen molar-refractivity contribution >= 4 is 17.2 Å². The summed E-state index contributed by atoms with van der Waals surface area (Å²) in [4.78, 5) is 17.2. The molecule has 0 bridgehead atoms. The van der Waals surface area contributed by atoms with E-state index in [2.05, 4.69) is 31.8 Å². The second kappa shape index (κ2) is 6.61. The highest BCUT2D eigenvalue weighted by Crippen LogP contribution is 2.56. The molecule has 2 aromatic rings. The molecule has 25 heavy (non-hydrogen) atoms. The van der Waals surface area contributed by atoms with Gasteiger partial charge in [-0.1, -0.05) is 6.92 Å². The van der Waals surface area contributed by atoms with Crippen LogP contribution < -0.4 is 4.90 Å². The lowest BCUT2D eigenvalue weighted by Crippen LogP contribution is -2.39. The number of halogens is 1. The lowest BCUT2D eigenvalue weighted by atomic mass is 9.92. The molecule has 2 fully saturated rings. The van der Waals surface area contributed by atoms with Gasteiger partial charge in [-0.25, -0.2) is 19.3 Å². The van der Waals surface area contributed by atoms with Gasteiger partial charge in [-0.3, -0.25) is 4.90 Å². The van der Waals surface area contributed by atoms with Gasteiger partial charge in [0.2, 0.25) is 0 Å². The Morgan fingerprint density at radius 1 is 1.32 bits per heavy atom. The van der Waals surface area contributed by atoms with Crippen molar-refractivity contribution in [3.8, 4) is 0 Å². The number of hydrogen-bond acceptors (Lipinski definition) is 6. The minimum Gasteiger partial charge on any atom is -0.354 e. The largest absolute Gasteiger partial charge is 0.354 e. The smallest absolute Gasteiger partial charge is 0.187 e. The van der Waals surface area contributed by atoms with E-state index in [1.54, 1.807) is 11.3 Å². The second-order valence-electron chi connectivity index (χ2n) is 7.22. The van der Waals surface area contributed by atoms with Crippen LogP contribution >= 0.6 is 11.3 Å². The van der Waals surface area contributed by atoms with Crippen LogP contribution in [0.1, 0.15) is 36.9 Å². The quantitative estimate of drug-likeness (QED) is 0.819. The summed E-state index contributed by atoms with van der Waals surface area (Å²) < 4.78 is 14.5. The Bertz CT molecular complexity index is 727. The van der Waals surface area contributed by atoms with Gasteiger partial charge < -0.3 is 4.90 Å². The molecule has 1 aliphatic carbocycles. The highest BCUT2D eigenvalue weighted by atomic mass is 32.1. The third-order valence-corrected chi connectivity index (χ3v) is 6.55. The Kier molecular flexibility index (Phi) is 4.45. The number of aromatic nitrogens is 3. The van der Waals surface area contributed by atoms with Crippen LogP contribution in [-0.4, -0.2) is 46.0 Å². The molecule has 2 aromatic heterocycles. The third-order valence-electron chi connectivity index (χ3n) is 5.78. The Morgan fingerprint density at radius 3 is 2.80 bits per heavy atom. The molecule has 2 aliphatic rings. The molecular weight excluding hydrogens is 337 g/mol. The molecule has 1 saturated carbocycles. The van der Waals surface area contributed by atoms with E-state index in [0.29, 0.717) is 29.4 Å². The molecule has 134 valence electrons. The maximum Gasteiger partial charge on any atom is 0.187 e. The molecule has 0 N–H and O–H groups in total. The maximum atomic E-state index is 14.5. The summed E-state index contributed by atoms with van der Waals surface area (Å²) in [5.74, 6) is 0.240. The first-order valence-corrected chi connectivity index (χ1v) is 9.84. The van der Waals surface area contributed by atoms with Gasteiger partial charge in [0.1, 0.15) is 11.3 Å². The molecule has 0 radical (unpaired) electrons. The third kappa shape index (κ3) is 3.15. The van der Waals surface area contributed by atoms with Crippen LogP contribution in [0.2, 0.25) is 0 Å². The molecule has 7 heteroatoms. The molecule has 0 amide bonds. The summed E-state index contributed by atoms with van der Waals surface area (Å²) in [5, 5.41) is 3.21. The number of rotatable bonds is 5. The van der Waals surface area contributed by atoms with Crippen LogP contribution in [0.4, 0.5) is 10.2 Å². The lowest BCUT2D eigenvalue weighted by Gasteiger charge is -2.35. The SMILES string of the molecule is CCc1ncnc(N2CCC3(CC2)CC3N(C)Cc2nccs2)c1F. The van der Waals surface area contributed by atoms with Gasteiger partial charge >= 0.3 is 0 Å². The number of anilines is 1. The Morgan fingerprint density at radius 2 is 2.12 bits per heavy atom. The molecular formula is C18H24FN5S. The fourth-order valence-corrected chi connectivity index (χ4v) is 4.85. The molecule has 1 spiro atoms. The highest BCUT2D eigenvalue weighted by molar-refractivity contribution is 7.09. The minimum absolute atomic E-state index is 0.241. The first kappa shape index (κ1) is 16.8. The van der Waals surface area contributed by atoms with Crippen molar-refractivity contribution in [2.75, 3.05) is 25.0 Å². The van der Waals surface area contributed by atoms with Crippen molar-refractivity contribution in [3.05, 3.63) is 34.4 Å². The average Bonchev–Trinajstić information content (AvgIpc) is 3.07. The van der Waals surface area contributed by atoms with E-state index in [0.717, 1.165) is 32.5 Å². The lowest BCUT2D eigenvalue weighted by molar-refractivity contribution is 0.238. The van der Waals surface area contributed by atoms with E-state index in [9.17, 15) is 4.39 Å². The second-order valence-corrected chi connectivity index (χ2v) is 8.20. The maximum absolute atomic E-state index is 14.5. The van der Waals surface area contributed by atoms with Crippen molar-refractivity contribution in [1.29, 1.82) is 0 Å². The van der Waals surface area contributed by atoms with Gasteiger partial charge in [0.25, 0.3) is 0 Å². The van der Waals surface area contributed by atoms with Crippen molar-refractivity contribution in [2.45, 2.75) is 45.2 Å². The van der Waals surface area contributed by atoms with Crippen LogP contribution in [0, 0.1) is 11.2 Å². The summed E-state index contributed by atoms with van der Waals surface area (Å²) in [7, 11) is 2.20. The van der Waals surface area contributed by atoms with Gasteiger partial charge in [-0.2, -0.15) is 0 Å². The molecule has 1 aliphatic heterocycles. The van der Waals surface area contributed by atoms with E-state index in [1.807, 2.05) is 18.5 Å². The zero-order valence-electron chi connectivity index (χ0n) is 14.8. The highest BCUT2D eigenvalue weighted by Gasteiger charge is 2.56. The Labute approximate surface area is 151 Å². The topological polar surface area (TPSA) is 45.2 Å². The number of nitrogens with zero attached hydrogens (tertiary/aromatic N) is 5. The summed E-state index contributed by atoms with van der Waals surface area (Å²) in [6.45, 7) is 4.60. The molecule has 1 unspecified atom stereocenters. The van der Waals surface area contributed by atoms with E-state index >= 15 is 0 Å². The normalized spacial score (nSPS) is 21.9. The molecule has 1 saturated heterocycles. The first-order valence-electron chi connectivity index (χ1n) is 8.96. The van der Waals surface area contributed by atoms with Crippen molar-refractivity contribution < 1.29 is 4.39 Å². The first-order chi connectivity index (χ1) is 12.1. The van der Waals surface area contributed by atoms with E-state index in [1.165, 1.54) is 17.8 Å². The Balaban J connectivity index is 1.38. The molecule has 5 nitrogen and oxygen atoms in total. The van der Waals surface area contributed by atoms with Crippen LogP contribution in [0.3, 0.4) is 0 Å². The van der Waals surface area contributed by atoms with Crippen LogP contribution in [-0.2, 0) is 13.0 Å². The van der Waals surface area contributed by atoms with Crippen molar-refractivity contribution in [3.63, 3.8) is 0 Å². The van der Waals surface area contributed by atoms with Gasteiger partial charge in [-0.15, -0.1) is 11.3 Å². The standard InChI is InChI=1S/C18H24FN5S/c1-3-13-16(19)17(22-12-21-13)24-7-4-18(5-8-24)10-14(18)23(2)11-15-20-6-9-25-15/h6,9,12,14H,3-5,7-8,10-11H2,1-2H3. The number of piperidine rings is 1. The van der Waals surface area contributed by atoms with Crippen LogP contribution in [0.5, 0.6) is 0 Å². The number of thiazole rings is 1. The number of hydrogen-bond donors (Lipinski definition) is 0. The van der Waals surface area contributed by atoms with Gasteiger partial charge in [0.15, 0.2) is 11.6 Å². The molecule has 4 rings (SSSR count). The van der Waals surface area contributed by atoms with Crippen molar-refractivity contribution in [2.24, 2.45) is 5.41 Å². The van der Waals surface area contributed by atoms with Crippen LogP contribution in [0.25, 0.3) is 0 Å². The summed E-state index contributed by atoms with van der Waals surface area (Å²) in [6, 6.07) is 0.625. The fourth-order valence-electron chi connectivity index (χ4n) is 4.17. The molecule has 1 atom stereocenters. The summed E-state index contributed by atoms with van der Waals surface area (Å²) in [5.41, 5.74) is 0.914. The van der Waals surface area contributed by atoms with Crippen LogP contribution in [0.15, 0.2) is 17.9 Å². The fraction of sp³-hybridized carbons (Fsp3) is 0.611. The van der Waals surface area contributed by atoms with Gasteiger partial charge in [0.05, 0.1) is 12.2 Å². The predicted octanol–water partition coefficient (Wildman–Crippen LogP) is 3.13. The Hall–Kier alpha value is -1.60. The van der Waals surface area contributed by atoms with E-state index < -0.39 is 0 Å². The summed E-state index contributed by atoms with van der Waals surface area (Å²) >= 11 is 1.72. The minimum atomic E-state index is -0.241. The average molecular weight is 361 g/mol. The monoisotopic (exact) mass is 361 g/mol. The molecule has 0 aromatic carbocycles. The number of aryl methyl sites for hydroxylation is 1. The van der Waals surface area contributed by atoms with Gasteiger partial charge in [0, 0.05) is 30.7 Å².